The van der Waals surface area contributed by atoms with Crippen LogP contribution in [-0.4, -0.2) is 45.7 Å². The molecule has 1 amide bonds. The second kappa shape index (κ2) is 8.17. The lowest BCUT2D eigenvalue weighted by Crippen LogP contribution is -2.60. The van der Waals surface area contributed by atoms with E-state index >= 15 is 0 Å². The first kappa shape index (κ1) is 21.9. The second-order valence-corrected chi connectivity index (χ2v) is 9.08. The normalized spacial score (nSPS) is 22.4. The van der Waals surface area contributed by atoms with Gasteiger partial charge in [0.05, 0.1) is 22.3 Å². The molecule has 3 rings (SSSR count). The van der Waals surface area contributed by atoms with Crippen molar-refractivity contribution in [3.63, 3.8) is 0 Å². The highest BCUT2D eigenvalue weighted by Gasteiger charge is 2.53. The summed E-state index contributed by atoms with van der Waals surface area (Å²) in [6.07, 6.45) is 1.18. The topological polar surface area (TPSA) is 70.1 Å². The molecular weight excluding hydrogens is 497 g/mol. The molecule has 9 heteroatoms. The molecular formula is C20H23F2IN2O4. The van der Waals surface area contributed by atoms with Crippen LogP contribution in [0.2, 0.25) is 0 Å². The van der Waals surface area contributed by atoms with Crippen LogP contribution in [0.1, 0.15) is 39.2 Å². The third-order valence-electron chi connectivity index (χ3n) is 5.28. The van der Waals surface area contributed by atoms with Crippen molar-refractivity contribution in [2.45, 2.75) is 45.7 Å². The summed E-state index contributed by atoms with van der Waals surface area (Å²) in [4.78, 5) is 25.7. The number of carbonyl (C=O) groups is 2. The predicted octanol–water partition coefficient (Wildman–Crippen LogP) is 3.69. The van der Waals surface area contributed by atoms with Gasteiger partial charge in [0.15, 0.2) is 17.2 Å². The fourth-order valence-corrected chi connectivity index (χ4v) is 4.11. The molecule has 0 saturated carbocycles. The number of amides is 1. The fourth-order valence-electron chi connectivity index (χ4n) is 3.69. The number of aliphatic hydroxyl groups excluding tert-OH is 1. The number of fused-ring (bicyclic) bond motifs is 1. The molecule has 1 aromatic carbocycles. The summed E-state index contributed by atoms with van der Waals surface area (Å²) in [6.45, 7) is 5.70. The standard InChI is InChI=1S/C20H23F2IN2O4/c1-11(2)10-29-19(28)14-17(26)20(3)7-4-8-25(20)24(18(14)27)9-12-5-6-13(23)16(22)15(12)21/h5-6,11,26H,4,7-10H2,1-3H3. The van der Waals surface area contributed by atoms with Gasteiger partial charge in [0.2, 0.25) is 0 Å². The van der Waals surface area contributed by atoms with Crippen LogP contribution < -0.4 is 0 Å². The molecule has 1 saturated heterocycles. The Kier molecular flexibility index (Phi) is 6.19. The van der Waals surface area contributed by atoms with E-state index in [9.17, 15) is 23.5 Å². The summed E-state index contributed by atoms with van der Waals surface area (Å²) in [5.74, 6) is -3.99. The van der Waals surface area contributed by atoms with Gasteiger partial charge in [-0.2, -0.15) is 0 Å². The highest BCUT2D eigenvalue weighted by Crippen LogP contribution is 2.42. The minimum atomic E-state index is -1.03. The maximum atomic E-state index is 14.4. The maximum absolute atomic E-state index is 14.4. The molecule has 0 spiro atoms. The zero-order valence-corrected chi connectivity index (χ0v) is 18.6. The Morgan fingerprint density at radius 3 is 2.69 bits per heavy atom. The molecule has 2 aliphatic rings. The first-order chi connectivity index (χ1) is 13.6. The van der Waals surface area contributed by atoms with E-state index in [1.807, 2.05) is 13.8 Å². The number of halogens is 3. The Balaban J connectivity index is 1.99. The third kappa shape index (κ3) is 3.86. The SMILES string of the molecule is CC(C)COC(=O)C1=C(O)C2(C)CCCN2N(Cc2ccc(I)c(F)c2F)C1=O. The number of benzene rings is 1. The van der Waals surface area contributed by atoms with Crippen LogP contribution in [0.5, 0.6) is 0 Å². The smallest absolute Gasteiger partial charge is 0.347 e. The van der Waals surface area contributed by atoms with Crippen molar-refractivity contribution in [3.05, 3.63) is 44.2 Å². The van der Waals surface area contributed by atoms with Gasteiger partial charge in [0.25, 0.3) is 5.91 Å². The lowest BCUT2D eigenvalue weighted by molar-refractivity contribution is -0.164. The molecule has 1 aromatic rings. The molecule has 1 atom stereocenters. The van der Waals surface area contributed by atoms with Gasteiger partial charge in [-0.3, -0.25) is 9.80 Å². The quantitative estimate of drug-likeness (QED) is 0.278. The summed E-state index contributed by atoms with van der Waals surface area (Å²) in [5, 5.41) is 13.6. The number of carbonyl (C=O) groups excluding carboxylic acids is 2. The van der Waals surface area contributed by atoms with Crippen molar-refractivity contribution >= 4 is 34.5 Å². The van der Waals surface area contributed by atoms with Gasteiger partial charge in [-0.1, -0.05) is 19.9 Å². The van der Waals surface area contributed by atoms with Crippen LogP contribution in [0.15, 0.2) is 23.5 Å². The lowest BCUT2D eigenvalue weighted by Gasteiger charge is -2.46. The third-order valence-corrected chi connectivity index (χ3v) is 6.11. The van der Waals surface area contributed by atoms with Gasteiger partial charge in [-0.05, 0) is 54.3 Å². The van der Waals surface area contributed by atoms with Crippen LogP contribution in [-0.2, 0) is 20.9 Å². The minimum Gasteiger partial charge on any atom is -0.509 e. The number of rotatable bonds is 5. The van der Waals surface area contributed by atoms with Crippen LogP contribution in [0.3, 0.4) is 0 Å². The molecule has 29 heavy (non-hydrogen) atoms. The number of hydrogen-bond acceptors (Lipinski definition) is 5. The first-order valence-corrected chi connectivity index (χ1v) is 10.5. The van der Waals surface area contributed by atoms with Crippen molar-refractivity contribution in [2.75, 3.05) is 13.2 Å². The molecule has 0 bridgehead atoms. The highest BCUT2D eigenvalue weighted by atomic mass is 127. The fraction of sp³-hybridized carbons (Fsp3) is 0.500. The Hall–Kier alpha value is -1.75. The monoisotopic (exact) mass is 520 g/mol. The summed E-state index contributed by atoms with van der Waals surface area (Å²) in [6, 6.07) is 2.84. The van der Waals surface area contributed by atoms with E-state index < -0.39 is 34.6 Å². The van der Waals surface area contributed by atoms with Gasteiger partial charge in [0, 0.05) is 12.1 Å². The summed E-state index contributed by atoms with van der Waals surface area (Å²) in [7, 11) is 0. The number of aliphatic hydroxyl groups is 1. The van der Waals surface area contributed by atoms with Crippen LogP contribution >= 0.6 is 22.6 Å². The number of ether oxygens (including phenoxy) is 1. The average molecular weight is 520 g/mol. The molecule has 0 radical (unpaired) electrons. The van der Waals surface area contributed by atoms with Gasteiger partial charge in [-0.25, -0.2) is 18.6 Å². The van der Waals surface area contributed by atoms with Crippen molar-refractivity contribution in [3.8, 4) is 0 Å². The van der Waals surface area contributed by atoms with Gasteiger partial charge in [-0.15, -0.1) is 0 Å². The molecule has 0 aliphatic carbocycles. The second-order valence-electron chi connectivity index (χ2n) is 7.91. The van der Waals surface area contributed by atoms with Crippen molar-refractivity contribution < 1.29 is 28.2 Å². The molecule has 0 aromatic heterocycles. The molecule has 1 N–H and O–H groups in total. The Labute approximate surface area is 181 Å². The van der Waals surface area contributed by atoms with E-state index in [-0.39, 0.29) is 34.0 Å². The first-order valence-electron chi connectivity index (χ1n) is 9.40. The van der Waals surface area contributed by atoms with E-state index in [0.29, 0.717) is 19.4 Å². The summed E-state index contributed by atoms with van der Waals surface area (Å²) < 4.78 is 33.8. The van der Waals surface area contributed by atoms with Crippen LogP contribution in [0.25, 0.3) is 0 Å². The summed E-state index contributed by atoms with van der Waals surface area (Å²) in [5.41, 5.74) is -1.45. The Bertz CT molecular complexity index is 889. The molecule has 2 aliphatic heterocycles. The highest BCUT2D eigenvalue weighted by molar-refractivity contribution is 14.1. The van der Waals surface area contributed by atoms with Crippen molar-refractivity contribution in [1.29, 1.82) is 0 Å². The number of hydrazine groups is 1. The van der Waals surface area contributed by atoms with E-state index in [0.717, 1.165) is 0 Å². The van der Waals surface area contributed by atoms with Crippen LogP contribution in [0.4, 0.5) is 8.78 Å². The van der Waals surface area contributed by atoms with E-state index in [2.05, 4.69) is 0 Å². The number of nitrogens with zero attached hydrogens (tertiary/aromatic N) is 2. The van der Waals surface area contributed by atoms with Gasteiger partial charge >= 0.3 is 5.97 Å². The Morgan fingerprint density at radius 2 is 2.03 bits per heavy atom. The van der Waals surface area contributed by atoms with Gasteiger partial charge < -0.3 is 9.84 Å². The van der Waals surface area contributed by atoms with Crippen molar-refractivity contribution in [2.24, 2.45) is 5.92 Å². The van der Waals surface area contributed by atoms with E-state index in [1.54, 1.807) is 34.5 Å². The lowest BCUT2D eigenvalue weighted by atomic mass is 9.91. The number of esters is 1. The molecule has 2 heterocycles. The maximum Gasteiger partial charge on any atom is 0.347 e. The molecule has 1 fully saturated rings. The largest absolute Gasteiger partial charge is 0.509 e. The molecule has 6 nitrogen and oxygen atoms in total. The molecule has 1 unspecified atom stereocenters. The van der Waals surface area contributed by atoms with E-state index in [4.69, 9.17) is 4.74 Å². The van der Waals surface area contributed by atoms with Gasteiger partial charge in [0.1, 0.15) is 5.76 Å². The zero-order chi connectivity index (χ0) is 21.5. The average Bonchev–Trinajstić information content (AvgIpc) is 3.06. The molecule has 158 valence electrons. The van der Waals surface area contributed by atoms with Crippen LogP contribution in [0, 0.1) is 21.1 Å². The zero-order valence-electron chi connectivity index (χ0n) is 16.5. The summed E-state index contributed by atoms with van der Waals surface area (Å²) >= 11 is 1.69. The number of hydrogen-bond donors (Lipinski definition) is 1. The predicted molar refractivity (Wildman–Crippen MR) is 109 cm³/mol. The Morgan fingerprint density at radius 1 is 1.34 bits per heavy atom. The minimum absolute atomic E-state index is 0.0122. The van der Waals surface area contributed by atoms with E-state index in [1.165, 1.54) is 17.1 Å². The van der Waals surface area contributed by atoms with Crippen molar-refractivity contribution in [1.82, 2.24) is 10.0 Å².